The van der Waals surface area contributed by atoms with Gasteiger partial charge in [-0.2, -0.15) is 0 Å². The zero-order chi connectivity index (χ0) is 19.9. The van der Waals surface area contributed by atoms with Crippen molar-refractivity contribution in [2.45, 2.75) is 19.8 Å². The molecule has 0 spiro atoms. The van der Waals surface area contributed by atoms with Gasteiger partial charge in [0, 0.05) is 13.6 Å². The summed E-state index contributed by atoms with van der Waals surface area (Å²) in [6.07, 6.45) is 2.95. The summed E-state index contributed by atoms with van der Waals surface area (Å²) in [7, 11) is -1.90. The monoisotopic (exact) mass is 390 g/mol. The molecule has 0 aliphatic carbocycles. The summed E-state index contributed by atoms with van der Waals surface area (Å²) >= 11 is 0. The number of benzene rings is 2. The van der Waals surface area contributed by atoms with Gasteiger partial charge in [0.2, 0.25) is 15.9 Å². The first-order valence-electron chi connectivity index (χ1n) is 8.86. The van der Waals surface area contributed by atoms with Gasteiger partial charge in [-0.1, -0.05) is 31.5 Å². The standard InChI is InChI=1S/C20H26N2O4S/c1-4-5-15-21(2)20(23)16-22(27(3,24)25)17-11-13-19(14-12-17)26-18-9-7-6-8-10-18/h6-14H,4-5,15-16H2,1-3H3. The lowest BCUT2D eigenvalue weighted by molar-refractivity contribution is -0.128. The van der Waals surface area contributed by atoms with E-state index in [9.17, 15) is 13.2 Å². The van der Waals surface area contributed by atoms with Gasteiger partial charge in [-0.25, -0.2) is 8.42 Å². The van der Waals surface area contributed by atoms with Crippen LogP contribution in [-0.4, -0.2) is 45.6 Å². The van der Waals surface area contributed by atoms with Crippen molar-refractivity contribution in [3.63, 3.8) is 0 Å². The number of ether oxygens (including phenoxy) is 1. The van der Waals surface area contributed by atoms with E-state index >= 15 is 0 Å². The summed E-state index contributed by atoms with van der Waals surface area (Å²) in [4.78, 5) is 13.9. The van der Waals surface area contributed by atoms with Crippen molar-refractivity contribution in [2.24, 2.45) is 0 Å². The molecule has 6 nitrogen and oxygen atoms in total. The van der Waals surface area contributed by atoms with E-state index in [1.54, 1.807) is 36.2 Å². The Morgan fingerprint density at radius 1 is 1.00 bits per heavy atom. The van der Waals surface area contributed by atoms with Crippen molar-refractivity contribution < 1.29 is 17.9 Å². The molecular weight excluding hydrogens is 364 g/mol. The molecule has 0 heterocycles. The first-order chi connectivity index (χ1) is 12.8. The van der Waals surface area contributed by atoms with Crippen LogP contribution in [0.15, 0.2) is 54.6 Å². The number of anilines is 1. The summed E-state index contributed by atoms with van der Waals surface area (Å²) < 4.78 is 31.2. The Morgan fingerprint density at radius 3 is 2.15 bits per heavy atom. The van der Waals surface area contributed by atoms with Crippen LogP contribution in [-0.2, 0) is 14.8 Å². The number of hydrogen-bond acceptors (Lipinski definition) is 4. The molecule has 146 valence electrons. The minimum Gasteiger partial charge on any atom is -0.457 e. The largest absolute Gasteiger partial charge is 0.457 e. The number of likely N-dealkylation sites (N-methyl/N-ethyl adjacent to an activating group) is 1. The van der Waals surface area contributed by atoms with Crippen LogP contribution in [0.5, 0.6) is 11.5 Å². The van der Waals surface area contributed by atoms with E-state index in [0.29, 0.717) is 23.7 Å². The molecule has 2 rings (SSSR count). The van der Waals surface area contributed by atoms with Crippen LogP contribution in [0.2, 0.25) is 0 Å². The number of rotatable bonds is 9. The van der Waals surface area contributed by atoms with E-state index in [-0.39, 0.29) is 12.5 Å². The van der Waals surface area contributed by atoms with Crippen molar-refractivity contribution >= 4 is 21.6 Å². The molecule has 0 radical (unpaired) electrons. The predicted octanol–water partition coefficient (Wildman–Crippen LogP) is 3.50. The number of amides is 1. The summed E-state index contributed by atoms with van der Waals surface area (Å²) in [6.45, 7) is 2.43. The third-order valence-corrected chi connectivity index (χ3v) is 5.20. The average molecular weight is 391 g/mol. The van der Waals surface area contributed by atoms with E-state index in [1.165, 1.54) is 0 Å². The molecule has 2 aromatic rings. The van der Waals surface area contributed by atoms with Crippen molar-refractivity contribution in [1.82, 2.24) is 4.90 Å². The fourth-order valence-electron chi connectivity index (χ4n) is 2.47. The lowest BCUT2D eigenvalue weighted by Gasteiger charge is -2.25. The van der Waals surface area contributed by atoms with Crippen LogP contribution >= 0.6 is 0 Å². The predicted molar refractivity (Wildman–Crippen MR) is 108 cm³/mol. The Labute approximate surface area is 161 Å². The average Bonchev–Trinajstić information content (AvgIpc) is 2.64. The zero-order valence-electron chi connectivity index (χ0n) is 16.0. The minimum absolute atomic E-state index is 0.224. The molecular formula is C20H26N2O4S. The third-order valence-electron chi connectivity index (χ3n) is 4.06. The number of carbonyl (C=O) groups is 1. The van der Waals surface area contributed by atoms with Crippen LogP contribution in [0, 0.1) is 0 Å². The number of hydrogen-bond donors (Lipinski definition) is 0. The van der Waals surface area contributed by atoms with Crippen molar-refractivity contribution in [3.8, 4) is 11.5 Å². The Hall–Kier alpha value is -2.54. The van der Waals surface area contributed by atoms with Crippen LogP contribution < -0.4 is 9.04 Å². The Balaban J connectivity index is 2.13. The van der Waals surface area contributed by atoms with E-state index in [0.717, 1.165) is 23.4 Å². The highest BCUT2D eigenvalue weighted by atomic mass is 32.2. The van der Waals surface area contributed by atoms with Crippen molar-refractivity contribution in [1.29, 1.82) is 0 Å². The summed E-state index contributed by atoms with van der Waals surface area (Å²) in [5.41, 5.74) is 0.426. The first kappa shape index (κ1) is 20.8. The number of nitrogens with zero attached hydrogens (tertiary/aromatic N) is 2. The van der Waals surface area contributed by atoms with Gasteiger partial charge in [0.1, 0.15) is 18.0 Å². The van der Waals surface area contributed by atoms with Crippen LogP contribution in [0.4, 0.5) is 5.69 Å². The topological polar surface area (TPSA) is 66.9 Å². The maximum absolute atomic E-state index is 12.4. The normalized spacial score (nSPS) is 11.1. The Kier molecular flexibility index (Phi) is 7.24. The second kappa shape index (κ2) is 9.41. The smallest absolute Gasteiger partial charge is 0.243 e. The highest BCUT2D eigenvalue weighted by molar-refractivity contribution is 7.92. The molecule has 0 aromatic heterocycles. The molecule has 0 fully saturated rings. The number of unbranched alkanes of at least 4 members (excludes halogenated alkanes) is 1. The molecule has 0 aliphatic heterocycles. The summed E-state index contributed by atoms with van der Waals surface area (Å²) in [6, 6.07) is 16.0. The highest BCUT2D eigenvalue weighted by Gasteiger charge is 2.22. The molecule has 0 saturated carbocycles. The zero-order valence-corrected chi connectivity index (χ0v) is 16.8. The van der Waals surface area contributed by atoms with Crippen molar-refractivity contribution in [2.75, 3.05) is 30.7 Å². The maximum atomic E-state index is 12.4. The van der Waals surface area contributed by atoms with E-state index in [2.05, 4.69) is 0 Å². The lowest BCUT2D eigenvalue weighted by Crippen LogP contribution is -2.41. The van der Waals surface area contributed by atoms with Crippen LogP contribution in [0.3, 0.4) is 0 Å². The van der Waals surface area contributed by atoms with E-state index in [4.69, 9.17) is 4.74 Å². The molecule has 0 N–H and O–H groups in total. The number of sulfonamides is 1. The third kappa shape index (κ3) is 6.29. The molecule has 0 unspecified atom stereocenters. The van der Waals surface area contributed by atoms with Gasteiger partial charge >= 0.3 is 0 Å². The molecule has 7 heteroatoms. The number of carbonyl (C=O) groups excluding carboxylic acids is 1. The SMILES string of the molecule is CCCCN(C)C(=O)CN(c1ccc(Oc2ccccc2)cc1)S(C)(=O)=O. The quantitative estimate of drug-likeness (QED) is 0.657. The molecule has 1 amide bonds. The molecule has 27 heavy (non-hydrogen) atoms. The van der Waals surface area contributed by atoms with Gasteiger partial charge in [-0.05, 0) is 42.8 Å². The summed E-state index contributed by atoms with van der Waals surface area (Å²) in [5.74, 6) is 1.04. The van der Waals surface area contributed by atoms with Gasteiger partial charge in [0.05, 0.1) is 11.9 Å². The minimum atomic E-state index is -3.59. The molecule has 0 aliphatic rings. The molecule has 0 bridgehead atoms. The highest BCUT2D eigenvalue weighted by Crippen LogP contribution is 2.25. The van der Waals surface area contributed by atoms with E-state index in [1.807, 2.05) is 37.3 Å². The van der Waals surface area contributed by atoms with Gasteiger partial charge in [0.25, 0.3) is 0 Å². The molecule has 0 atom stereocenters. The van der Waals surface area contributed by atoms with Gasteiger partial charge in [0.15, 0.2) is 0 Å². The first-order valence-corrected chi connectivity index (χ1v) is 10.7. The molecule has 0 saturated heterocycles. The fourth-order valence-corrected chi connectivity index (χ4v) is 3.32. The number of para-hydroxylation sites is 1. The van der Waals surface area contributed by atoms with Gasteiger partial charge < -0.3 is 9.64 Å². The maximum Gasteiger partial charge on any atom is 0.243 e. The van der Waals surface area contributed by atoms with Crippen LogP contribution in [0.25, 0.3) is 0 Å². The Morgan fingerprint density at radius 2 is 1.59 bits per heavy atom. The van der Waals surface area contributed by atoms with Crippen LogP contribution in [0.1, 0.15) is 19.8 Å². The second-order valence-corrected chi connectivity index (χ2v) is 8.25. The van der Waals surface area contributed by atoms with Crippen molar-refractivity contribution in [3.05, 3.63) is 54.6 Å². The summed E-state index contributed by atoms with van der Waals surface area (Å²) in [5, 5.41) is 0. The lowest BCUT2D eigenvalue weighted by atomic mass is 10.3. The fraction of sp³-hybridized carbons (Fsp3) is 0.350. The van der Waals surface area contributed by atoms with E-state index < -0.39 is 10.0 Å². The van der Waals surface area contributed by atoms with Gasteiger partial charge in [-0.15, -0.1) is 0 Å². The molecule has 2 aromatic carbocycles. The second-order valence-electron chi connectivity index (χ2n) is 6.35. The van der Waals surface area contributed by atoms with Gasteiger partial charge in [-0.3, -0.25) is 9.10 Å². The Bertz CT molecular complexity index is 836.